The Morgan fingerprint density at radius 3 is 2.11 bits per heavy atom. The number of hydrogen-bond donors (Lipinski definition) is 3. The molecule has 10 heteroatoms. The number of sulfone groups is 1. The summed E-state index contributed by atoms with van der Waals surface area (Å²) in [5.41, 5.74) is 0.960. The summed E-state index contributed by atoms with van der Waals surface area (Å²) >= 11 is 0. The highest BCUT2D eigenvalue weighted by molar-refractivity contribution is 7.91. The van der Waals surface area contributed by atoms with E-state index in [1.807, 2.05) is 20.8 Å². The Labute approximate surface area is 326 Å². The molecule has 0 aromatic carbocycles. The van der Waals surface area contributed by atoms with Gasteiger partial charge in [0.15, 0.2) is 9.84 Å². The number of hydrogen-bond acceptors (Lipinski definition) is 8. The van der Waals surface area contributed by atoms with Gasteiger partial charge >= 0.3 is 11.9 Å². The van der Waals surface area contributed by atoms with E-state index in [0.717, 1.165) is 38.5 Å². The molecule has 0 spiro atoms. The molecule has 0 amide bonds. The number of carbonyl (C=O) groups is 2. The molecule has 6 aliphatic carbocycles. The van der Waals surface area contributed by atoms with Gasteiger partial charge in [-0.1, -0.05) is 60.6 Å². The largest absolute Gasteiger partial charge is 0.481 e. The van der Waals surface area contributed by atoms with Crippen LogP contribution >= 0.6 is 0 Å². The van der Waals surface area contributed by atoms with Crippen molar-refractivity contribution in [1.29, 1.82) is 0 Å². The van der Waals surface area contributed by atoms with Crippen LogP contribution < -0.4 is 5.32 Å². The van der Waals surface area contributed by atoms with Crippen LogP contribution in [0, 0.1) is 68.5 Å². The van der Waals surface area contributed by atoms with E-state index in [2.05, 4.69) is 58.3 Å². The van der Waals surface area contributed by atoms with Crippen molar-refractivity contribution in [3.63, 3.8) is 0 Å². The Balaban J connectivity index is 1.11. The normalized spacial score (nSPS) is 47.1. The van der Waals surface area contributed by atoms with Gasteiger partial charge < -0.3 is 20.3 Å². The minimum atomic E-state index is -3.00. The van der Waals surface area contributed by atoms with Crippen molar-refractivity contribution in [1.82, 2.24) is 10.2 Å². The first kappa shape index (κ1) is 40.7. The Bertz CT molecular complexity index is 1630. The molecule has 54 heavy (non-hydrogen) atoms. The number of fused-ring (bicyclic) bond motifs is 7. The van der Waals surface area contributed by atoms with Crippen LogP contribution in [0.2, 0.25) is 0 Å². The van der Waals surface area contributed by atoms with Crippen molar-refractivity contribution < 1.29 is 33.0 Å². The van der Waals surface area contributed by atoms with Crippen LogP contribution in [-0.4, -0.2) is 90.4 Å². The molecule has 6 saturated carbocycles. The van der Waals surface area contributed by atoms with Crippen molar-refractivity contribution in [3.8, 4) is 0 Å². The van der Waals surface area contributed by atoms with Gasteiger partial charge in [-0.2, -0.15) is 0 Å². The summed E-state index contributed by atoms with van der Waals surface area (Å²) in [6, 6.07) is -0.122. The van der Waals surface area contributed by atoms with Crippen molar-refractivity contribution in [2.45, 2.75) is 150 Å². The molecule has 0 aromatic heterocycles. The Kier molecular flexibility index (Phi) is 10.0. The molecule has 7 aliphatic rings. The highest BCUT2D eigenvalue weighted by Gasteiger charge is 2.72. The first-order chi connectivity index (χ1) is 25.0. The maximum Gasteiger partial charge on any atom is 0.310 e. The van der Waals surface area contributed by atoms with Crippen molar-refractivity contribution in [2.75, 3.05) is 31.1 Å². The summed E-state index contributed by atoms with van der Waals surface area (Å²) in [5, 5.41) is 24.9. The first-order valence-electron chi connectivity index (χ1n) is 21.4. The molecular formula is C44H72N2O7S. The minimum absolute atomic E-state index is 0.0210. The molecule has 1 saturated heterocycles. The lowest BCUT2D eigenvalue weighted by Gasteiger charge is -2.73. The van der Waals surface area contributed by atoms with Crippen LogP contribution in [0.15, 0.2) is 12.2 Å². The number of nitrogens with zero attached hydrogens (tertiary/aromatic N) is 1. The van der Waals surface area contributed by atoms with Crippen LogP contribution in [0.3, 0.4) is 0 Å². The number of nitrogens with one attached hydrogen (secondary N) is 1. The van der Waals surface area contributed by atoms with Gasteiger partial charge in [0, 0.05) is 36.6 Å². The quantitative estimate of drug-likeness (QED) is 0.172. The average Bonchev–Trinajstić information content (AvgIpc) is 3.45. The first-order valence-corrected chi connectivity index (χ1v) is 23.3. The molecule has 2 unspecified atom stereocenters. The van der Waals surface area contributed by atoms with E-state index < -0.39 is 39.2 Å². The molecular weight excluding hydrogens is 701 g/mol. The van der Waals surface area contributed by atoms with Crippen LogP contribution in [0.5, 0.6) is 0 Å². The van der Waals surface area contributed by atoms with Gasteiger partial charge in [0.1, 0.15) is 6.10 Å². The van der Waals surface area contributed by atoms with Crippen LogP contribution in [0.1, 0.15) is 127 Å². The van der Waals surface area contributed by atoms with E-state index in [4.69, 9.17) is 4.74 Å². The van der Waals surface area contributed by atoms with Gasteiger partial charge in [0.05, 0.1) is 29.4 Å². The predicted molar refractivity (Wildman–Crippen MR) is 211 cm³/mol. The Morgan fingerprint density at radius 2 is 1.52 bits per heavy atom. The molecule has 0 bridgehead atoms. The van der Waals surface area contributed by atoms with E-state index in [0.29, 0.717) is 49.2 Å². The number of aliphatic carboxylic acids is 1. The predicted octanol–water partition coefficient (Wildman–Crippen LogP) is 6.73. The SMILES string of the molecule is C=C(C)[C@@H]1CC[C@]2(NCC(C(C)O)N3CCS(=O)(=O)CC3)CC[C@]3(C)[C@H](CC[C@@H]4[C@@]5(C)CC[C@H](OC(=O)[C@H]6[C@@H](C(=O)O)C6(C)C)C(C)(C)[C@@H]5CC[C@]43C)[C@@H]12. The lowest BCUT2D eigenvalue weighted by Crippen LogP contribution is -2.69. The second-order valence-corrected chi connectivity index (χ2v) is 23.9. The van der Waals surface area contributed by atoms with Gasteiger partial charge in [-0.15, -0.1) is 0 Å². The molecule has 306 valence electrons. The maximum absolute atomic E-state index is 13.5. The van der Waals surface area contributed by atoms with Gasteiger partial charge in [0.25, 0.3) is 0 Å². The number of carboxylic acids is 1. The van der Waals surface area contributed by atoms with Crippen molar-refractivity contribution in [2.24, 2.45) is 68.5 Å². The van der Waals surface area contributed by atoms with E-state index in [1.54, 1.807) is 0 Å². The number of aliphatic hydroxyl groups excluding tert-OH is 1. The van der Waals surface area contributed by atoms with E-state index in [1.165, 1.54) is 31.3 Å². The molecule has 1 heterocycles. The number of allylic oxidation sites excluding steroid dienone is 1. The van der Waals surface area contributed by atoms with Gasteiger partial charge in [-0.25, -0.2) is 8.42 Å². The summed E-state index contributed by atoms with van der Waals surface area (Å²) in [6.07, 6.45) is 10.3. The zero-order chi connectivity index (χ0) is 39.6. The van der Waals surface area contributed by atoms with Gasteiger partial charge in [0.2, 0.25) is 0 Å². The van der Waals surface area contributed by atoms with Gasteiger partial charge in [-0.3, -0.25) is 14.5 Å². The summed E-state index contributed by atoms with van der Waals surface area (Å²) in [5.74, 6) is 0.331. The standard InChI is InChI=1S/C44H72N2O7S/c1-26(2)28-13-18-44(45-25-30(27(3)47)46-21-23-54(51,52)24-22-46)20-19-42(9)29(34(28)44)11-12-32-41(8)16-15-33(39(4,5)31(41)14-17-43(32,42)10)53-38(50)36-35(37(48)49)40(36,6)7/h27-36,45,47H,1,11-25H2,2-10H3,(H,48,49)/t27?,28-,29+,30?,31-,32+,33-,34+,35-,36+,41-,42+,43+,44-/m0/s1. The fourth-order valence-electron chi connectivity index (χ4n) is 15.4. The third-order valence-corrected chi connectivity index (χ3v) is 20.3. The van der Waals surface area contributed by atoms with Crippen molar-refractivity contribution in [3.05, 3.63) is 12.2 Å². The fraction of sp³-hybridized carbons (Fsp3) is 0.909. The third-order valence-electron chi connectivity index (χ3n) is 18.7. The minimum Gasteiger partial charge on any atom is -0.481 e. The number of esters is 1. The summed E-state index contributed by atoms with van der Waals surface area (Å²) in [7, 11) is -3.00. The van der Waals surface area contributed by atoms with Gasteiger partial charge in [-0.05, 0) is 129 Å². The highest BCUT2D eigenvalue weighted by Crippen LogP contribution is 2.76. The average molecular weight is 773 g/mol. The van der Waals surface area contributed by atoms with Crippen LogP contribution in [-0.2, 0) is 24.2 Å². The fourth-order valence-corrected chi connectivity index (χ4v) is 16.6. The summed E-state index contributed by atoms with van der Waals surface area (Å²) < 4.78 is 30.8. The lowest BCUT2D eigenvalue weighted by atomic mass is 9.32. The molecule has 1 aliphatic heterocycles. The zero-order valence-electron chi connectivity index (χ0n) is 34.9. The molecule has 0 radical (unpaired) electrons. The number of aliphatic hydroxyl groups is 1. The number of ether oxygens (including phenoxy) is 1. The zero-order valence-corrected chi connectivity index (χ0v) is 35.7. The maximum atomic E-state index is 13.5. The molecule has 3 N–H and O–H groups in total. The molecule has 0 aromatic rings. The Hall–Kier alpha value is -1.49. The topological polar surface area (TPSA) is 133 Å². The number of carbonyl (C=O) groups excluding carboxylic acids is 1. The summed E-state index contributed by atoms with van der Waals surface area (Å²) in [6.45, 7) is 26.5. The smallest absolute Gasteiger partial charge is 0.310 e. The second kappa shape index (κ2) is 13.3. The molecule has 7 rings (SSSR count). The number of rotatable bonds is 9. The second-order valence-electron chi connectivity index (χ2n) is 21.6. The molecule has 14 atom stereocenters. The highest BCUT2D eigenvalue weighted by atomic mass is 32.2. The molecule has 9 nitrogen and oxygen atoms in total. The lowest BCUT2D eigenvalue weighted by molar-refractivity contribution is -0.246. The van der Waals surface area contributed by atoms with Crippen LogP contribution in [0.4, 0.5) is 0 Å². The molecule has 7 fully saturated rings. The monoisotopic (exact) mass is 773 g/mol. The van der Waals surface area contributed by atoms with E-state index in [-0.39, 0.29) is 56.8 Å². The van der Waals surface area contributed by atoms with E-state index >= 15 is 0 Å². The van der Waals surface area contributed by atoms with Crippen molar-refractivity contribution >= 4 is 21.8 Å². The third kappa shape index (κ3) is 6.01. The summed E-state index contributed by atoms with van der Waals surface area (Å²) in [4.78, 5) is 27.6. The van der Waals surface area contributed by atoms with Crippen LogP contribution in [0.25, 0.3) is 0 Å². The Morgan fingerprint density at radius 1 is 0.852 bits per heavy atom. The van der Waals surface area contributed by atoms with E-state index in [9.17, 15) is 28.2 Å². The number of carboxylic acid groups (broad SMARTS) is 1.